The van der Waals surface area contributed by atoms with Gasteiger partial charge >= 0.3 is 0 Å². The topological polar surface area (TPSA) is 58.3 Å². The molecule has 0 rings (SSSR count). The molecule has 0 aromatic rings. The van der Waals surface area contributed by atoms with Crippen LogP contribution in [0.1, 0.15) is 34.6 Å². The van der Waals surface area contributed by atoms with Crippen molar-refractivity contribution < 1.29 is 5.11 Å². The molecule has 13 heavy (non-hydrogen) atoms. The van der Waals surface area contributed by atoms with E-state index in [0.717, 1.165) is 5.70 Å². The number of hydrogen-bond donors (Lipinski definition) is 3. The summed E-state index contributed by atoms with van der Waals surface area (Å²) in [7, 11) is 0. The van der Waals surface area contributed by atoms with Crippen LogP contribution in [0.25, 0.3) is 0 Å². The van der Waals surface area contributed by atoms with Gasteiger partial charge in [0.1, 0.15) is 0 Å². The minimum atomic E-state index is -0.700. The molecule has 0 unspecified atom stereocenters. The molecule has 0 saturated carbocycles. The van der Waals surface area contributed by atoms with Gasteiger partial charge in [-0.15, -0.1) is 0 Å². The fourth-order valence-corrected chi connectivity index (χ4v) is 0.627. The highest BCUT2D eigenvalue weighted by molar-refractivity contribution is 5.05. The van der Waals surface area contributed by atoms with E-state index < -0.39 is 5.60 Å². The number of nitrogens with two attached hydrogens (primary N) is 1. The maximum absolute atomic E-state index is 9.40. The van der Waals surface area contributed by atoms with Crippen LogP contribution >= 0.6 is 0 Å². The van der Waals surface area contributed by atoms with Crippen molar-refractivity contribution in [3.63, 3.8) is 0 Å². The molecule has 0 heterocycles. The molecule has 0 spiro atoms. The van der Waals surface area contributed by atoms with Crippen LogP contribution in [0.4, 0.5) is 0 Å². The molecular weight excluding hydrogens is 164 g/mol. The van der Waals surface area contributed by atoms with E-state index in [0.29, 0.717) is 6.54 Å². The van der Waals surface area contributed by atoms with Gasteiger partial charge in [-0.25, -0.2) is 0 Å². The van der Waals surface area contributed by atoms with Crippen molar-refractivity contribution in [2.75, 3.05) is 6.54 Å². The van der Waals surface area contributed by atoms with Crippen LogP contribution in [-0.2, 0) is 0 Å². The Kier molecular flexibility index (Phi) is 3.79. The molecule has 3 heteroatoms. The highest BCUT2D eigenvalue weighted by Crippen LogP contribution is 2.19. The summed E-state index contributed by atoms with van der Waals surface area (Å²) in [6.45, 7) is 10.1. The third-order valence-corrected chi connectivity index (χ3v) is 1.66. The van der Waals surface area contributed by atoms with Gasteiger partial charge in [-0.05, 0) is 13.8 Å². The highest BCUT2D eigenvalue weighted by Gasteiger charge is 2.14. The molecule has 0 aliphatic rings. The number of aliphatic hydroxyl groups is 1. The normalized spacial score (nSPS) is 14.5. The van der Waals surface area contributed by atoms with E-state index in [1.54, 1.807) is 20.0 Å². The predicted molar refractivity (Wildman–Crippen MR) is 56.0 cm³/mol. The first-order valence-electron chi connectivity index (χ1n) is 4.55. The van der Waals surface area contributed by atoms with Crippen LogP contribution in [0.5, 0.6) is 0 Å². The quantitative estimate of drug-likeness (QED) is 0.620. The summed E-state index contributed by atoms with van der Waals surface area (Å²) < 4.78 is 0. The van der Waals surface area contributed by atoms with Gasteiger partial charge in [0.05, 0.1) is 5.60 Å². The zero-order chi connectivity index (χ0) is 10.7. The van der Waals surface area contributed by atoms with E-state index in [1.165, 1.54) is 0 Å². The molecule has 0 aromatic carbocycles. The van der Waals surface area contributed by atoms with Gasteiger partial charge in [-0.2, -0.15) is 0 Å². The van der Waals surface area contributed by atoms with Crippen LogP contribution in [0.2, 0.25) is 0 Å². The van der Waals surface area contributed by atoms with Gasteiger partial charge in [-0.1, -0.05) is 20.8 Å². The summed E-state index contributed by atoms with van der Waals surface area (Å²) in [6.07, 6.45) is 1.76. The average molecular weight is 186 g/mol. The van der Waals surface area contributed by atoms with Crippen molar-refractivity contribution in [3.05, 3.63) is 11.9 Å². The molecule has 0 aromatic heterocycles. The van der Waals surface area contributed by atoms with Gasteiger partial charge in [0.25, 0.3) is 0 Å². The van der Waals surface area contributed by atoms with Crippen LogP contribution < -0.4 is 11.1 Å². The predicted octanol–water partition coefficient (Wildman–Crippen LogP) is 1.19. The Hall–Kier alpha value is -0.700. The van der Waals surface area contributed by atoms with Gasteiger partial charge in [0.2, 0.25) is 0 Å². The van der Waals surface area contributed by atoms with Crippen LogP contribution in [-0.4, -0.2) is 17.3 Å². The van der Waals surface area contributed by atoms with Crippen molar-refractivity contribution in [2.24, 2.45) is 11.1 Å². The number of hydrogen-bond acceptors (Lipinski definition) is 3. The minimum absolute atomic E-state index is 0.0212. The first-order valence-corrected chi connectivity index (χ1v) is 4.55. The Morgan fingerprint density at radius 2 is 1.77 bits per heavy atom. The number of rotatable bonds is 3. The summed E-state index contributed by atoms with van der Waals surface area (Å²) in [5, 5.41) is 12.4. The zero-order valence-corrected chi connectivity index (χ0v) is 9.31. The highest BCUT2D eigenvalue weighted by atomic mass is 16.3. The van der Waals surface area contributed by atoms with E-state index in [1.807, 2.05) is 20.8 Å². The Balaban J connectivity index is 4.00. The van der Waals surface area contributed by atoms with E-state index in [4.69, 9.17) is 5.73 Å². The summed E-state index contributed by atoms with van der Waals surface area (Å²) in [5.74, 6) is 0. The van der Waals surface area contributed by atoms with Gasteiger partial charge in [0.15, 0.2) is 0 Å². The molecule has 0 amide bonds. The smallest absolute Gasteiger partial charge is 0.0763 e. The van der Waals surface area contributed by atoms with Gasteiger partial charge < -0.3 is 16.2 Å². The second-order valence-corrected chi connectivity index (χ2v) is 5.04. The lowest BCUT2D eigenvalue weighted by atomic mass is 9.93. The molecule has 0 atom stereocenters. The van der Waals surface area contributed by atoms with Crippen molar-refractivity contribution in [3.8, 4) is 0 Å². The van der Waals surface area contributed by atoms with Crippen LogP contribution in [0, 0.1) is 5.41 Å². The van der Waals surface area contributed by atoms with E-state index >= 15 is 0 Å². The molecule has 0 fully saturated rings. The lowest BCUT2D eigenvalue weighted by molar-refractivity contribution is 0.0834. The summed E-state index contributed by atoms with van der Waals surface area (Å²) in [5.41, 5.74) is 5.86. The van der Waals surface area contributed by atoms with E-state index in [9.17, 15) is 5.11 Å². The van der Waals surface area contributed by atoms with E-state index in [2.05, 4.69) is 5.32 Å². The second-order valence-electron chi connectivity index (χ2n) is 5.04. The maximum Gasteiger partial charge on any atom is 0.0763 e. The molecule has 0 radical (unpaired) electrons. The Morgan fingerprint density at radius 3 is 2.08 bits per heavy atom. The number of allylic oxidation sites excluding steroid dienone is 1. The van der Waals surface area contributed by atoms with Crippen molar-refractivity contribution in [2.45, 2.75) is 40.2 Å². The van der Waals surface area contributed by atoms with Gasteiger partial charge in [0, 0.05) is 23.9 Å². The fourth-order valence-electron chi connectivity index (χ4n) is 0.627. The van der Waals surface area contributed by atoms with Crippen molar-refractivity contribution in [1.82, 2.24) is 5.32 Å². The fraction of sp³-hybridized carbons (Fsp3) is 0.800. The first-order chi connectivity index (χ1) is 5.63. The molecule has 3 nitrogen and oxygen atoms in total. The monoisotopic (exact) mass is 186 g/mol. The Morgan fingerprint density at radius 1 is 1.31 bits per heavy atom. The summed E-state index contributed by atoms with van der Waals surface area (Å²) in [4.78, 5) is 0. The average Bonchev–Trinajstić information content (AvgIpc) is 1.82. The molecule has 4 N–H and O–H groups in total. The van der Waals surface area contributed by atoms with Crippen molar-refractivity contribution >= 4 is 0 Å². The van der Waals surface area contributed by atoms with Gasteiger partial charge in [-0.3, -0.25) is 0 Å². The molecule has 0 bridgehead atoms. The molecule has 0 aliphatic carbocycles. The Labute approximate surface area is 81.0 Å². The third kappa shape index (κ3) is 6.46. The molecule has 78 valence electrons. The molecule has 0 saturated heterocycles. The Bertz CT molecular complexity index is 184. The van der Waals surface area contributed by atoms with Crippen LogP contribution in [0.3, 0.4) is 0 Å². The SMILES string of the molecule is CC(C)(O)CN/C=C(\N)C(C)(C)C. The van der Waals surface area contributed by atoms with Crippen LogP contribution in [0.15, 0.2) is 11.9 Å². The summed E-state index contributed by atoms with van der Waals surface area (Å²) >= 11 is 0. The lowest BCUT2D eigenvalue weighted by Gasteiger charge is -2.21. The first kappa shape index (κ1) is 12.3. The third-order valence-electron chi connectivity index (χ3n) is 1.66. The lowest BCUT2D eigenvalue weighted by Crippen LogP contribution is -2.33. The minimum Gasteiger partial charge on any atom is -0.400 e. The largest absolute Gasteiger partial charge is 0.400 e. The van der Waals surface area contributed by atoms with E-state index in [-0.39, 0.29) is 5.41 Å². The number of nitrogens with one attached hydrogen (secondary N) is 1. The zero-order valence-electron chi connectivity index (χ0n) is 9.31. The standard InChI is InChI=1S/C10H22N2O/c1-9(2,3)8(11)6-12-7-10(4,5)13/h6,12-13H,7,11H2,1-5H3/b8-6-. The van der Waals surface area contributed by atoms with Crippen molar-refractivity contribution in [1.29, 1.82) is 0 Å². The summed E-state index contributed by atoms with van der Waals surface area (Å²) in [6, 6.07) is 0. The molecule has 0 aliphatic heterocycles. The molecular formula is C10H22N2O. The second kappa shape index (κ2) is 4.01. The maximum atomic E-state index is 9.40.